The lowest BCUT2D eigenvalue weighted by atomic mass is 10.3. The number of carbonyl (C=O) groups is 2. The van der Waals surface area contributed by atoms with Gasteiger partial charge in [-0.3, -0.25) is 9.80 Å². The van der Waals surface area contributed by atoms with Gasteiger partial charge < -0.3 is 20.8 Å². The van der Waals surface area contributed by atoms with E-state index in [1.807, 2.05) is 0 Å². The van der Waals surface area contributed by atoms with Crippen LogP contribution in [0.2, 0.25) is 0 Å². The molecule has 90 valence electrons. The van der Waals surface area contributed by atoms with E-state index in [0.29, 0.717) is 0 Å². The first-order valence-corrected chi connectivity index (χ1v) is 4.97. The summed E-state index contributed by atoms with van der Waals surface area (Å²) in [4.78, 5) is 25.2. The number of aliphatic hydroxyl groups is 2. The summed E-state index contributed by atoms with van der Waals surface area (Å²) in [7, 11) is 0. The number of hydrogen-bond acceptors (Lipinski definition) is 4. The third-order valence-corrected chi connectivity index (χ3v) is 2.70. The molecular formula is C8H14N4O4. The van der Waals surface area contributed by atoms with Crippen molar-refractivity contribution >= 4 is 12.1 Å². The van der Waals surface area contributed by atoms with Crippen LogP contribution in [-0.2, 0) is 0 Å². The smallest absolute Gasteiger partial charge is 0.322 e. The molecule has 4 amide bonds. The molecule has 2 fully saturated rings. The van der Waals surface area contributed by atoms with Crippen molar-refractivity contribution in [2.45, 2.75) is 38.6 Å². The average Bonchev–Trinajstić information content (AvgIpc) is 2.55. The van der Waals surface area contributed by atoms with Crippen molar-refractivity contribution < 1.29 is 19.8 Å². The molecule has 0 bridgehead atoms. The van der Waals surface area contributed by atoms with E-state index in [0.717, 1.165) is 9.80 Å². The van der Waals surface area contributed by atoms with Gasteiger partial charge in [-0.2, -0.15) is 0 Å². The van der Waals surface area contributed by atoms with E-state index in [1.165, 1.54) is 13.8 Å². The molecule has 8 nitrogen and oxygen atoms in total. The van der Waals surface area contributed by atoms with Gasteiger partial charge in [0.1, 0.15) is 18.6 Å². The molecule has 2 atom stereocenters. The Morgan fingerprint density at radius 3 is 1.75 bits per heavy atom. The molecule has 0 aromatic heterocycles. The minimum Gasteiger partial charge on any atom is -0.374 e. The number of carbonyl (C=O) groups excluding carboxylic acids is 2. The number of urea groups is 2. The lowest BCUT2D eigenvalue weighted by Gasteiger charge is -2.32. The summed E-state index contributed by atoms with van der Waals surface area (Å²) in [5, 5.41) is 24.0. The van der Waals surface area contributed by atoms with Crippen molar-refractivity contribution in [2.24, 2.45) is 0 Å². The van der Waals surface area contributed by atoms with Crippen molar-refractivity contribution in [1.29, 1.82) is 0 Å². The summed E-state index contributed by atoms with van der Waals surface area (Å²) < 4.78 is 0. The standard InChI is InChI=1S/C8H14N4O4/c1-3(13)11-6-5(9-7(11)15)10-8(16)12(6)4(2)14/h3-6,13-14H,1-2H3,(H,9,15)(H,10,16). The second kappa shape index (κ2) is 3.49. The molecule has 0 spiro atoms. The predicted octanol–water partition coefficient (Wildman–Crippen LogP) is -1.63. The second-order valence-electron chi connectivity index (χ2n) is 3.87. The highest BCUT2D eigenvalue weighted by Gasteiger charge is 2.53. The molecule has 2 rings (SSSR count). The first-order valence-electron chi connectivity index (χ1n) is 4.97. The Balaban J connectivity index is 2.30. The van der Waals surface area contributed by atoms with Gasteiger partial charge in [-0.25, -0.2) is 9.59 Å². The van der Waals surface area contributed by atoms with E-state index >= 15 is 0 Å². The molecule has 0 saturated carbocycles. The molecule has 0 aromatic rings. The van der Waals surface area contributed by atoms with Gasteiger partial charge in [0.15, 0.2) is 6.17 Å². The monoisotopic (exact) mass is 230 g/mol. The number of rotatable bonds is 2. The van der Waals surface area contributed by atoms with Crippen molar-refractivity contribution in [1.82, 2.24) is 20.4 Å². The van der Waals surface area contributed by atoms with Gasteiger partial charge >= 0.3 is 12.1 Å². The van der Waals surface area contributed by atoms with Crippen molar-refractivity contribution in [2.75, 3.05) is 0 Å². The zero-order valence-electron chi connectivity index (χ0n) is 8.91. The highest BCUT2D eigenvalue weighted by molar-refractivity contribution is 5.85. The van der Waals surface area contributed by atoms with Crippen molar-refractivity contribution in [3.63, 3.8) is 0 Å². The van der Waals surface area contributed by atoms with E-state index in [4.69, 9.17) is 0 Å². The number of aliphatic hydroxyl groups excluding tert-OH is 2. The summed E-state index contributed by atoms with van der Waals surface area (Å²) in [5.41, 5.74) is 0. The zero-order valence-corrected chi connectivity index (χ0v) is 8.91. The maximum Gasteiger partial charge on any atom is 0.322 e. The van der Waals surface area contributed by atoms with Gasteiger partial charge in [-0.05, 0) is 13.8 Å². The van der Waals surface area contributed by atoms with Crippen LogP contribution in [0, 0.1) is 0 Å². The Morgan fingerprint density at radius 1 is 1.06 bits per heavy atom. The topological polar surface area (TPSA) is 105 Å². The normalized spacial score (nSPS) is 32.2. The number of nitrogens with one attached hydrogen (secondary N) is 2. The van der Waals surface area contributed by atoms with E-state index in [1.54, 1.807) is 0 Å². The van der Waals surface area contributed by atoms with Gasteiger partial charge in [0, 0.05) is 0 Å². The van der Waals surface area contributed by atoms with Crippen molar-refractivity contribution in [3.05, 3.63) is 0 Å². The van der Waals surface area contributed by atoms with Crippen molar-refractivity contribution in [3.8, 4) is 0 Å². The molecule has 2 saturated heterocycles. The number of nitrogens with zero attached hydrogens (tertiary/aromatic N) is 2. The lowest BCUT2D eigenvalue weighted by molar-refractivity contribution is -0.0471. The maximum atomic E-state index is 11.5. The fraction of sp³-hybridized carbons (Fsp3) is 0.750. The highest BCUT2D eigenvalue weighted by atomic mass is 16.3. The van der Waals surface area contributed by atoms with Gasteiger partial charge in [0.25, 0.3) is 0 Å². The van der Waals surface area contributed by atoms with Crippen LogP contribution < -0.4 is 10.6 Å². The first kappa shape index (κ1) is 11.0. The summed E-state index contributed by atoms with van der Waals surface area (Å²) >= 11 is 0. The van der Waals surface area contributed by atoms with Crippen LogP contribution in [0.15, 0.2) is 0 Å². The third-order valence-electron chi connectivity index (χ3n) is 2.70. The Hall–Kier alpha value is -1.54. The fourth-order valence-corrected chi connectivity index (χ4v) is 2.08. The van der Waals surface area contributed by atoms with Crippen LogP contribution >= 0.6 is 0 Å². The molecule has 0 radical (unpaired) electrons. The van der Waals surface area contributed by atoms with E-state index in [-0.39, 0.29) is 0 Å². The maximum absolute atomic E-state index is 11.5. The number of amides is 4. The van der Waals surface area contributed by atoms with Crippen LogP contribution in [0.5, 0.6) is 0 Å². The summed E-state index contributed by atoms with van der Waals surface area (Å²) in [6.45, 7) is 2.84. The molecule has 16 heavy (non-hydrogen) atoms. The number of hydrogen-bond donors (Lipinski definition) is 4. The van der Waals surface area contributed by atoms with E-state index in [2.05, 4.69) is 10.6 Å². The zero-order chi connectivity index (χ0) is 12.0. The molecule has 2 aliphatic heterocycles. The van der Waals surface area contributed by atoms with Crippen LogP contribution in [0.25, 0.3) is 0 Å². The average molecular weight is 230 g/mol. The van der Waals surface area contributed by atoms with Gasteiger partial charge in [0.2, 0.25) is 0 Å². The van der Waals surface area contributed by atoms with Crippen LogP contribution in [0.3, 0.4) is 0 Å². The second-order valence-corrected chi connectivity index (χ2v) is 3.87. The van der Waals surface area contributed by atoms with E-state index in [9.17, 15) is 19.8 Å². The highest BCUT2D eigenvalue weighted by Crippen LogP contribution is 2.24. The van der Waals surface area contributed by atoms with Crippen LogP contribution in [-0.4, -0.2) is 56.9 Å². The largest absolute Gasteiger partial charge is 0.374 e. The quantitative estimate of drug-likeness (QED) is 0.457. The molecule has 2 unspecified atom stereocenters. The predicted molar refractivity (Wildman–Crippen MR) is 51.7 cm³/mol. The Morgan fingerprint density at radius 2 is 1.44 bits per heavy atom. The van der Waals surface area contributed by atoms with Crippen LogP contribution in [0.4, 0.5) is 9.59 Å². The molecule has 0 aliphatic carbocycles. The minimum absolute atomic E-state index is 0.476. The van der Waals surface area contributed by atoms with Gasteiger partial charge in [0.05, 0.1) is 0 Å². The Kier molecular flexibility index (Phi) is 2.39. The Labute approximate surface area is 91.8 Å². The third kappa shape index (κ3) is 1.38. The summed E-state index contributed by atoms with van der Waals surface area (Å²) in [6.07, 6.45) is -3.39. The SMILES string of the molecule is CC(O)N1C(=O)NC2NC(=O)N(C(C)O)C21. The molecule has 8 heteroatoms. The van der Waals surface area contributed by atoms with E-state index < -0.39 is 36.8 Å². The molecule has 2 heterocycles. The fourth-order valence-electron chi connectivity index (χ4n) is 2.08. The summed E-state index contributed by atoms with van der Waals surface area (Å²) in [5.74, 6) is 0. The molecular weight excluding hydrogens is 216 g/mol. The minimum atomic E-state index is -1.04. The molecule has 4 N–H and O–H groups in total. The molecule has 2 aliphatic rings. The number of fused-ring (bicyclic) bond motifs is 1. The first-order chi connectivity index (χ1) is 7.43. The molecule has 0 aromatic carbocycles. The van der Waals surface area contributed by atoms with Gasteiger partial charge in [-0.15, -0.1) is 0 Å². The van der Waals surface area contributed by atoms with Crippen LogP contribution in [0.1, 0.15) is 13.8 Å². The summed E-state index contributed by atoms with van der Waals surface area (Å²) in [6, 6.07) is -0.952. The Bertz CT molecular complexity index is 302. The van der Waals surface area contributed by atoms with Gasteiger partial charge in [-0.1, -0.05) is 0 Å². The lowest BCUT2D eigenvalue weighted by Crippen LogP contribution is -2.52.